The third kappa shape index (κ3) is 3.56. The van der Waals surface area contributed by atoms with Crippen LogP contribution >= 0.6 is 0 Å². The first kappa shape index (κ1) is 12.6. The van der Waals surface area contributed by atoms with Crippen molar-refractivity contribution < 1.29 is 0 Å². The van der Waals surface area contributed by atoms with E-state index in [0.29, 0.717) is 5.41 Å². The van der Waals surface area contributed by atoms with E-state index in [4.69, 9.17) is 0 Å². The van der Waals surface area contributed by atoms with Crippen molar-refractivity contribution in [3.05, 3.63) is 18.0 Å². The van der Waals surface area contributed by atoms with Gasteiger partial charge in [0.05, 0.1) is 6.20 Å². The molecule has 1 N–H and O–H groups in total. The molecule has 1 aromatic heterocycles. The Morgan fingerprint density at radius 1 is 1.35 bits per heavy atom. The predicted octanol–water partition coefficient (Wildman–Crippen LogP) is 2.96. The van der Waals surface area contributed by atoms with E-state index in [0.717, 1.165) is 19.5 Å². The SMILES string of the molecule is CCCn1cc(CNCC2(CCC)CC2)cn1. The lowest BCUT2D eigenvalue weighted by Gasteiger charge is -2.14. The summed E-state index contributed by atoms with van der Waals surface area (Å²) in [7, 11) is 0. The molecule has 0 aliphatic heterocycles. The molecule has 1 aliphatic rings. The standard InChI is InChI=1S/C14H25N3/c1-3-5-14(6-7-14)12-15-9-13-10-16-17(11-13)8-4-2/h10-11,15H,3-9,12H2,1-2H3. The molecule has 0 unspecified atom stereocenters. The van der Waals surface area contributed by atoms with Gasteiger partial charge in [0.25, 0.3) is 0 Å². The number of hydrogen-bond acceptors (Lipinski definition) is 2. The van der Waals surface area contributed by atoms with Gasteiger partial charge in [0, 0.05) is 31.4 Å². The first-order chi connectivity index (χ1) is 8.28. The van der Waals surface area contributed by atoms with E-state index in [1.165, 1.54) is 37.8 Å². The molecule has 17 heavy (non-hydrogen) atoms. The molecule has 1 aromatic rings. The molecule has 1 fully saturated rings. The van der Waals surface area contributed by atoms with Gasteiger partial charge in [-0.2, -0.15) is 5.10 Å². The van der Waals surface area contributed by atoms with E-state index < -0.39 is 0 Å². The molecular formula is C14H25N3. The molecule has 1 heterocycles. The summed E-state index contributed by atoms with van der Waals surface area (Å²) in [5.74, 6) is 0. The minimum Gasteiger partial charge on any atom is -0.312 e. The van der Waals surface area contributed by atoms with Crippen LogP contribution < -0.4 is 5.32 Å². The summed E-state index contributed by atoms with van der Waals surface area (Å²) in [6, 6.07) is 0. The van der Waals surface area contributed by atoms with Crippen LogP contribution in [0.1, 0.15) is 51.5 Å². The van der Waals surface area contributed by atoms with Crippen molar-refractivity contribution in [2.75, 3.05) is 6.54 Å². The smallest absolute Gasteiger partial charge is 0.0534 e. The van der Waals surface area contributed by atoms with Crippen molar-refractivity contribution in [2.24, 2.45) is 5.41 Å². The Bertz CT molecular complexity index is 339. The molecule has 0 radical (unpaired) electrons. The zero-order valence-electron chi connectivity index (χ0n) is 11.2. The fraction of sp³-hybridized carbons (Fsp3) is 0.786. The second-order valence-electron chi connectivity index (χ2n) is 5.47. The molecule has 1 aliphatic carbocycles. The van der Waals surface area contributed by atoms with Crippen molar-refractivity contribution >= 4 is 0 Å². The quantitative estimate of drug-likeness (QED) is 0.750. The molecule has 1 saturated carbocycles. The highest BCUT2D eigenvalue weighted by Crippen LogP contribution is 2.48. The Hall–Kier alpha value is -0.830. The minimum atomic E-state index is 0.647. The zero-order chi connectivity index (χ0) is 12.1. The Labute approximate surface area is 105 Å². The van der Waals surface area contributed by atoms with Crippen LogP contribution in [0.2, 0.25) is 0 Å². The van der Waals surface area contributed by atoms with Crippen LogP contribution in [-0.4, -0.2) is 16.3 Å². The van der Waals surface area contributed by atoms with Gasteiger partial charge in [0.15, 0.2) is 0 Å². The number of aryl methyl sites for hydroxylation is 1. The normalized spacial score (nSPS) is 17.3. The number of aromatic nitrogens is 2. The molecule has 2 rings (SSSR count). The van der Waals surface area contributed by atoms with Crippen LogP contribution in [0.4, 0.5) is 0 Å². The van der Waals surface area contributed by atoms with Crippen molar-refractivity contribution in [2.45, 2.75) is 59.0 Å². The molecule has 0 spiro atoms. The molecule has 0 saturated heterocycles. The zero-order valence-corrected chi connectivity index (χ0v) is 11.2. The fourth-order valence-corrected chi connectivity index (χ4v) is 2.54. The summed E-state index contributed by atoms with van der Waals surface area (Å²) < 4.78 is 2.04. The Morgan fingerprint density at radius 3 is 2.82 bits per heavy atom. The van der Waals surface area contributed by atoms with E-state index in [1.807, 2.05) is 10.9 Å². The summed E-state index contributed by atoms with van der Waals surface area (Å²) >= 11 is 0. The van der Waals surface area contributed by atoms with Crippen molar-refractivity contribution in [3.8, 4) is 0 Å². The van der Waals surface area contributed by atoms with Crippen molar-refractivity contribution in [3.63, 3.8) is 0 Å². The lowest BCUT2D eigenvalue weighted by atomic mass is 10.0. The molecule has 3 heteroatoms. The summed E-state index contributed by atoms with van der Waals surface area (Å²) in [4.78, 5) is 0. The summed E-state index contributed by atoms with van der Waals surface area (Å²) in [6.07, 6.45) is 10.8. The highest BCUT2D eigenvalue weighted by molar-refractivity contribution is 5.04. The predicted molar refractivity (Wildman–Crippen MR) is 70.8 cm³/mol. The molecule has 96 valence electrons. The van der Waals surface area contributed by atoms with Crippen LogP contribution in [0.25, 0.3) is 0 Å². The van der Waals surface area contributed by atoms with Gasteiger partial charge in [0.1, 0.15) is 0 Å². The van der Waals surface area contributed by atoms with Gasteiger partial charge in [-0.1, -0.05) is 20.3 Å². The maximum Gasteiger partial charge on any atom is 0.0534 e. The lowest BCUT2D eigenvalue weighted by Crippen LogP contribution is -2.23. The monoisotopic (exact) mass is 235 g/mol. The van der Waals surface area contributed by atoms with Gasteiger partial charge in [-0.15, -0.1) is 0 Å². The number of hydrogen-bond donors (Lipinski definition) is 1. The molecular weight excluding hydrogens is 210 g/mol. The maximum absolute atomic E-state index is 4.35. The number of nitrogens with zero attached hydrogens (tertiary/aromatic N) is 2. The summed E-state index contributed by atoms with van der Waals surface area (Å²) in [5.41, 5.74) is 1.96. The number of rotatable bonds is 8. The Kier molecular flexibility index (Phi) is 4.21. The highest BCUT2D eigenvalue weighted by Gasteiger charge is 2.40. The molecule has 0 atom stereocenters. The van der Waals surface area contributed by atoms with Gasteiger partial charge in [0.2, 0.25) is 0 Å². The third-order valence-electron chi connectivity index (χ3n) is 3.71. The first-order valence-corrected chi connectivity index (χ1v) is 7.00. The largest absolute Gasteiger partial charge is 0.312 e. The molecule has 0 amide bonds. The second-order valence-corrected chi connectivity index (χ2v) is 5.47. The summed E-state index contributed by atoms with van der Waals surface area (Å²) in [6.45, 7) is 7.64. The van der Waals surface area contributed by atoms with Gasteiger partial charge < -0.3 is 5.32 Å². The maximum atomic E-state index is 4.35. The Morgan fingerprint density at radius 2 is 2.18 bits per heavy atom. The average Bonchev–Trinajstić information content (AvgIpc) is 2.92. The molecule has 3 nitrogen and oxygen atoms in total. The molecule has 0 aromatic carbocycles. The van der Waals surface area contributed by atoms with Crippen LogP contribution in [0.15, 0.2) is 12.4 Å². The van der Waals surface area contributed by atoms with E-state index in [2.05, 4.69) is 30.5 Å². The van der Waals surface area contributed by atoms with Gasteiger partial charge in [-0.25, -0.2) is 0 Å². The third-order valence-corrected chi connectivity index (χ3v) is 3.71. The fourth-order valence-electron chi connectivity index (χ4n) is 2.54. The van der Waals surface area contributed by atoms with E-state index in [-0.39, 0.29) is 0 Å². The van der Waals surface area contributed by atoms with Crippen LogP contribution in [-0.2, 0) is 13.1 Å². The van der Waals surface area contributed by atoms with Crippen LogP contribution in [0.5, 0.6) is 0 Å². The highest BCUT2D eigenvalue weighted by atomic mass is 15.3. The topological polar surface area (TPSA) is 29.9 Å². The van der Waals surface area contributed by atoms with Gasteiger partial charge >= 0.3 is 0 Å². The molecule has 0 bridgehead atoms. The number of nitrogens with one attached hydrogen (secondary N) is 1. The van der Waals surface area contributed by atoms with E-state index in [9.17, 15) is 0 Å². The van der Waals surface area contributed by atoms with Crippen LogP contribution in [0.3, 0.4) is 0 Å². The van der Waals surface area contributed by atoms with Gasteiger partial charge in [-0.05, 0) is 31.1 Å². The second kappa shape index (κ2) is 5.67. The van der Waals surface area contributed by atoms with Gasteiger partial charge in [-0.3, -0.25) is 4.68 Å². The average molecular weight is 235 g/mol. The van der Waals surface area contributed by atoms with E-state index in [1.54, 1.807) is 0 Å². The lowest BCUT2D eigenvalue weighted by molar-refractivity contribution is 0.421. The van der Waals surface area contributed by atoms with E-state index >= 15 is 0 Å². The van der Waals surface area contributed by atoms with Crippen molar-refractivity contribution in [1.82, 2.24) is 15.1 Å². The minimum absolute atomic E-state index is 0.647. The summed E-state index contributed by atoms with van der Waals surface area (Å²) in [5, 5.41) is 7.94. The van der Waals surface area contributed by atoms with Crippen LogP contribution in [0, 0.1) is 5.41 Å². The Balaban J connectivity index is 1.70. The first-order valence-electron chi connectivity index (χ1n) is 7.00. The van der Waals surface area contributed by atoms with Crippen molar-refractivity contribution in [1.29, 1.82) is 0 Å².